The first-order valence-electron chi connectivity index (χ1n) is 10.9. The number of nitrogens with zero attached hydrogens (tertiary/aromatic N) is 3. The summed E-state index contributed by atoms with van der Waals surface area (Å²) in [5.74, 6) is 0.0406. The lowest BCUT2D eigenvalue weighted by Gasteiger charge is -2.27. The lowest BCUT2D eigenvalue weighted by atomic mass is 10.0. The molecule has 2 aromatic carbocycles. The first-order valence-corrected chi connectivity index (χ1v) is 10.9. The summed E-state index contributed by atoms with van der Waals surface area (Å²) in [7, 11) is 0. The van der Waals surface area contributed by atoms with Crippen LogP contribution < -0.4 is 5.32 Å². The van der Waals surface area contributed by atoms with Crippen LogP contribution in [0.15, 0.2) is 54.7 Å². The number of nitrogens with one attached hydrogen (secondary N) is 2. The van der Waals surface area contributed by atoms with Crippen LogP contribution in [0.4, 0.5) is 5.69 Å². The Labute approximate surface area is 185 Å². The molecule has 32 heavy (non-hydrogen) atoms. The molecule has 1 amide bonds. The van der Waals surface area contributed by atoms with E-state index in [1.54, 1.807) is 0 Å². The summed E-state index contributed by atoms with van der Waals surface area (Å²) in [6.45, 7) is 3.42. The number of carbonyl (C=O) groups excluding carboxylic acids is 1. The predicted molar refractivity (Wildman–Crippen MR) is 124 cm³/mol. The fourth-order valence-corrected chi connectivity index (χ4v) is 4.50. The number of aromatic nitrogens is 3. The second-order valence-corrected chi connectivity index (χ2v) is 8.23. The van der Waals surface area contributed by atoms with Crippen molar-refractivity contribution in [2.45, 2.75) is 6.42 Å². The zero-order valence-corrected chi connectivity index (χ0v) is 17.6. The zero-order chi connectivity index (χ0) is 21.5. The van der Waals surface area contributed by atoms with Crippen LogP contribution in [0.2, 0.25) is 0 Å². The van der Waals surface area contributed by atoms with Crippen LogP contribution in [0, 0.1) is 0 Å². The van der Waals surface area contributed by atoms with Gasteiger partial charge in [-0.1, -0.05) is 24.3 Å². The number of morpholine rings is 1. The van der Waals surface area contributed by atoms with Gasteiger partial charge in [-0.25, -0.2) is 4.98 Å². The lowest BCUT2D eigenvalue weighted by Crippen LogP contribution is -2.40. The first kappa shape index (κ1) is 19.0. The quantitative estimate of drug-likeness (QED) is 0.523. The maximum absolute atomic E-state index is 12.9. The van der Waals surface area contributed by atoms with E-state index in [9.17, 15) is 4.79 Å². The highest BCUT2D eigenvalue weighted by Crippen LogP contribution is 2.33. The van der Waals surface area contributed by atoms with Gasteiger partial charge < -0.3 is 15.0 Å². The summed E-state index contributed by atoms with van der Waals surface area (Å²) in [6.07, 6.45) is 2.88. The molecule has 0 spiro atoms. The molecule has 2 aliphatic rings. The van der Waals surface area contributed by atoms with Gasteiger partial charge in [0.1, 0.15) is 5.69 Å². The van der Waals surface area contributed by atoms with Crippen LogP contribution in [0.5, 0.6) is 0 Å². The van der Waals surface area contributed by atoms with Gasteiger partial charge in [0.15, 0.2) is 5.65 Å². The Kier molecular flexibility index (Phi) is 4.61. The van der Waals surface area contributed by atoms with Crippen molar-refractivity contribution < 1.29 is 9.53 Å². The van der Waals surface area contributed by atoms with E-state index < -0.39 is 0 Å². The van der Waals surface area contributed by atoms with Gasteiger partial charge in [0.25, 0.3) is 5.91 Å². The van der Waals surface area contributed by atoms with Crippen LogP contribution in [-0.2, 0) is 11.2 Å². The lowest BCUT2D eigenvalue weighted by molar-refractivity contribution is 0.0303. The van der Waals surface area contributed by atoms with Gasteiger partial charge in [0.2, 0.25) is 0 Å². The number of H-pyrrole nitrogens is 1. The number of benzene rings is 2. The molecule has 7 nitrogen and oxygen atoms in total. The maximum Gasteiger partial charge on any atom is 0.254 e. The molecule has 7 heteroatoms. The number of rotatable bonds is 3. The first-order chi connectivity index (χ1) is 15.8. The normalized spacial score (nSPS) is 15.6. The molecule has 0 bridgehead atoms. The molecule has 4 heterocycles. The fourth-order valence-electron chi connectivity index (χ4n) is 4.50. The third-order valence-corrected chi connectivity index (χ3v) is 6.25. The fraction of sp³-hybridized carbons (Fsp3) is 0.240. The molecule has 0 saturated carbocycles. The van der Waals surface area contributed by atoms with E-state index in [2.05, 4.69) is 44.8 Å². The molecule has 2 N–H and O–H groups in total. The second-order valence-electron chi connectivity index (χ2n) is 8.23. The van der Waals surface area contributed by atoms with E-state index >= 15 is 0 Å². The number of anilines is 1. The Morgan fingerprint density at radius 2 is 1.91 bits per heavy atom. The highest BCUT2D eigenvalue weighted by atomic mass is 16.5. The van der Waals surface area contributed by atoms with Crippen molar-refractivity contribution in [3.05, 3.63) is 65.9 Å². The predicted octanol–water partition coefficient (Wildman–Crippen LogP) is 3.73. The number of amides is 1. The SMILES string of the molecule is O=C(c1cccc(-c2cnc3[nH]nc(-c4ccc5c(c4)NCC5)c3c2)c1)N1CCOCC1. The van der Waals surface area contributed by atoms with Crippen molar-refractivity contribution in [2.75, 3.05) is 38.2 Å². The Morgan fingerprint density at radius 1 is 1.00 bits per heavy atom. The van der Waals surface area contributed by atoms with E-state index in [-0.39, 0.29) is 5.91 Å². The van der Waals surface area contributed by atoms with E-state index in [0.717, 1.165) is 46.4 Å². The molecule has 0 aliphatic carbocycles. The minimum absolute atomic E-state index is 0.0406. The molecule has 0 atom stereocenters. The highest BCUT2D eigenvalue weighted by Gasteiger charge is 2.19. The average Bonchev–Trinajstić information content (AvgIpc) is 3.50. The topological polar surface area (TPSA) is 83.1 Å². The van der Waals surface area contributed by atoms with Crippen LogP contribution in [-0.4, -0.2) is 58.8 Å². The number of carbonyl (C=O) groups is 1. The summed E-state index contributed by atoms with van der Waals surface area (Å²) >= 11 is 0. The zero-order valence-electron chi connectivity index (χ0n) is 17.6. The molecule has 160 valence electrons. The highest BCUT2D eigenvalue weighted by molar-refractivity contribution is 5.97. The largest absolute Gasteiger partial charge is 0.384 e. The van der Waals surface area contributed by atoms with Crippen molar-refractivity contribution in [2.24, 2.45) is 0 Å². The Bertz CT molecular complexity index is 1320. The number of fused-ring (bicyclic) bond motifs is 2. The molecule has 2 aliphatic heterocycles. The van der Waals surface area contributed by atoms with E-state index in [1.165, 1.54) is 11.3 Å². The number of hydrogen-bond donors (Lipinski definition) is 2. The van der Waals surface area contributed by atoms with Gasteiger partial charge in [-0.05, 0) is 41.8 Å². The molecular weight excluding hydrogens is 402 g/mol. The van der Waals surface area contributed by atoms with Crippen molar-refractivity contribution in [1.29, 1.82) is 0 Å². The van der Waals surface area contributed by atoms with Crippen molar-refractivity contribution in [1.82, 2.24) is 20.1 Å². The van der Waals surface area contributed by atoms with Gasteiger partial charge in [0, 0.05) is 53.6 Å². The molecule has 6 rings (SSSR count). The molecule has 0 unspecified atom stereocenters. The van der Waals surface area contributed by atoms with Crippen LogP contribution >= 0.6 is 0 Å². The van der Waals surface area contributed by atoms with Gasteiger partial charge in [0.05, 0.1) is 13.2 Å². The summed E-state index contributed by atoms with van der Waals surface area (Å²) < 4.78 is 5.37. The van der Waals surface area contributed by atoms with Crippen molar-refractivity contribution in [3.8, 4) is 22.4 Å². The summed E-state index contributed by atoms with van der Waals surface area (Å²) in [5.41, 5.74) is 7.80. The minimum atomic E-state index is 0.0406. The standard InChI is InChI=1S/C25H23N5O2/c31-25(30-8-10-32-11-9-30)19-3-1-2-17(12-19)20-13-21-23(28-29-24(21)27-15-20)18-5-4-16-6-7-26-22(16)14-18/h1-5,12-15,26H,6-11H2,(H,27,28,29). The Morgan fingerprint density at radius 3 is 2.81 bits per heavy atom. The maximum atomic E-state index is 12.9. The summed E-state index contributed by atoms with van der Waals surface area (Å²) in [4.78, 5) is 19.4. The number of ether oxygens (including phenoxy) is 1. The van der Waals surface area contributed by atoms with Crippen LogP contribution in [0.1, 0.15) is 15.9 Å². The number of aromatic amines is 1. The molecule has 4 aromatic rings. The van der Waals surface area contributed by atoms with Gasteiger partial charge >= 0.3 is 0 Å². The molecule has 1 fully saturated rings. The molecule has 0 radical (unpaired) electrons. The monoisotopic (exact) mass is 425 g/mol. The van der Waals surface area contributed by atoms with E-state index in [0.29, 0.717) is 31.9 Å². The van der Waals surface area contributed by atoms with Gasteiger partial charge in [-0.3, -0.25) is 9.89 Å². The third kappa shape index (κ3) is 3.31. The van der Waals surface area contributed by atoms with E-state index in [1.807, 2.05) is 35.4 Å². The number of pyridine rings is 1. The van der Waals surface area contributed by atoms with Gasteiger partial charge in [-0.15, -0.1) is 0 Å². The number of hydrogen-bond acceptors (Lipinski definition) is 5. The van der Waals surface area contributed by atoms with Crippen molar-refractivity contribution in [3.63, 3.8) is 0 Å². The third-order valence-electron chi connectivity index (χ3n) is 6.25. The summed E-state index contributed by atoms with van der Waals surface area (Å²) in [5, 5.41) is 12.0. The van der Waals surface area contributed by atoms with Crippen LogP contribution in [0.3, 0.4) is 0 Å². The smallest absolute Gasteiger partial charge is 0.254 e. The second kappa shape index (κ2) is 7.76. The Hall–Kier alpha value is -3.71. The summed E-state index contributed by atoms with van der Waals surface area (Å²) in [6, 6.07) is 16.3. The minimum Gasteiger partial charge on any atom is -0.384 e. The van der Waals surface area contributed by atoms with E-state index in [4.69, 9.17) is 4.74 Å². The van der Waals surface area contributed by atoms with Crippen molar-refractivity contribution >= 4 is 22.6 Å². The molecule has 2 aromatic heterocycles. The van der Waals surface area contributed by atoms with Crippen LogP contribution in [0.25, 0.3) is 33.4 Å². The van der Waals surface area contributed by atoms with Gasteiger partial charge in [-0.2, -0.15) is 5.10 Å². The molecular formula is C25H23N5O2. The molecule has 1 saturated heterocycles. The average molecular weight is 425 g/mol. The Balaban J connectivity index is 1.36.